The van der Waals surface area contributed by atoms with Gasteiger partial charge in [-0.15, -0.1) is 0 Å². The standard InChI is InChI=1S/C29H36N2O6/c1-21-9-10-27-24(17-21)20-25(29(33)37-27)19-23(28(32)30-34)7-2-5-22-6-3-8-26(18-22)36-14-4-11-31-12-15-35-16-13-31/h3,6,8-10,17-18,20,23,34H,2,4-5,7,11-16,19H2,1H3,(H,30,32). The van der Waals surface area contributed by atoms with Crippen LogP contribution in [0.3, 0.4) is 0 Å². The number of hydroxylamine groups is 1. The number of benzene rings is 2. The van der Waals surface area contributed by atoms with E-state index in [0.29, 0.717) is 24.2 Å². The van der Waals surface area contributed by atoms with E-state index in [4.69, 9.17) is 13.9 Å². The highest BCUT2D eigenvalue weighted by molar-refractivity contribution is 5.79. The molecule has 1 aliphatic heterocycles. The van der Waals surface area contributed by atoms with Gasteiger partial charge in [0.1, 0.15) is 11.3 Å². The van der Waals surface area contributed by atoms with Gasteiger partial charge in [0.2, 0.25) is 5.91 Å². The summed E-state index contributed by atoms with van der Waals surface area (Å²) in [5, 5.41) is 10.1. The number of hydrogen-bond acceptors (Lipinski definition) is 7. The second-order valence-electron chi connectivity index (χ2n) is 9.67. The third-order valence-corrected chi connectivity index (χ3v) is 6.81. The summed E-state index contributed by atoms with van der Waals surface area (Å²) in [7, 11) is 0. The number of ether oxygens (including phenoxy) is 2. The molecule has 8 heteroatoms. The molecule has 1 unspecified atom stereocenters. The van der Waals surface area contributed by atoms with Crippen molar-refractivity contribution in [1.29, 1.82) is 0 Å². The lowest BCUT2D eigenvalue weighted by Gasteiger charge is -2.26. The Morgan fingerprint density at radius 3 is 2.78 bits per heavy atom. The zero-order valence-electron chi connectivity index (χ0n) is 21.4. The largest absolute Gasteiger partial charge is 0.494 e. The van der Waals surface area contributed by atoms with Gasteiger partial charge in [0.25, 0.3) is 0 Å². The number of hydrogen-bond donors (Lipinski definition) is 2. The molecule has 0 radical (unpaired) electrons. The van der Waals surface area contributed by atoms with Crippen molar-refractivity contribution in [2.24, 2.45) is 5.92 Å². The fourth-order valence-corrected chi connectivity index (χ4v) is 4.76. The Labute approximate surface area is 217 Å². The highest BCUT2D eigenvalue weighted by atomic mass is 16.5. The summed E-state index contributed by atoms with van der Waals surface area (Å²) in [4.78, 5) is 27.3. The number of aryl methyl sites for hydroxylation is 2. The van der Waals surface area contributed by atoms with E-state index in [1.807, 2.05) is 43.3 Å². The molecule has 1 aliphatic rings. The molecule has 3 aromatic rings. The van der Waals surface area contributed by atoms with E-state index in [1.165, 1.54) is 0 Å². The number of fused-ring (bicyclic) bond motifs is 1. The van der Waals surface area contributed by atoms with Crippen LogP contribution in [0, 0.1) is 12.8 Å². The number of morpholine rings is 1. The predicted molar refractivity (Wildman–Crippen MR) is 141 cm³/mol. The molecule has 2 heterocycles. The summed E-state index contributed by atoms with van der Waals surface area (Å²) in [5.74, 6) is -0.205. The SMILES string of the molecule is Cc1ccc2oc(=O)c(CC(CCCc3cccc(OCCCN4CCOCC4)c3)C(=O)NO)cc2c1. The molecule has 8 nitrogen and oxygen atoms in total. The monoisotopic (exact) mass is 508 g/mol. The third kappa shape index (κ3) is 7.89. The van der Waals surface area contributed by atoms with Gasteiger partial charge >= 0.3 is 5.63 Å². The average molecular weight is 509 g/mol. The normalized spacial score (nSPS) is 15.0. The van der Waals surface area contributed by atoms with Gasteiger partial charge in [-0.05, 0) is 74.9 Å². The molecule has 1 aromatic heterocycles. The first kappa shape index (κ1) is 26.9. The molecule has 1 fully saturated rings. The second-order valence-corrected chi connectivity index (χ2v) is 9.67. The minimum Gasteiger partial charge on any atom is -0.494 e. The first-order chi connectivity index (χ1) is 18.0. The van der Waals surface area contributed by atoms with Gasteiger partial charge in [-0.2, -0.15) is 0 Å². The third-order valence-electron chi connectivity index (χ3n) is 6.81. The van der Waals surface area contributed by atoms with Crippen LogP contribution in [-0.2, 0) is 22.4 Å². The summed E-state index contributed by atoms with van der Waals surface area (Å²) in [6.07, 6.45) is 3.15. The van der Waals surface area contributed by atoms with E-state index in [9.17, 15) is 14.8 Å². The maximum atomic E-state index is 12.5. The lowest BCUT2D eigenvalue weighted by atomic mass is 9.92. The van der Waals surface area contributed by atoms with Crippen molar-refractivity contribution in [3.05, 3.63) is 75.6 Å². The molecule has 0 aliphatic carbocycles. The molecule has 0 saturated carbocycles. The second kappa shape index (κ2) is 13.4. The number of nitrogens with one attached hydrogen (secondary N) is 1. The molecular formula is C29H36N2O6. The molecule has 2 N–H and O–H groups in total. The Balaban J connectivity index is 1.29. The predicted octanol–water partition coefficient (Wildman–Crippen LogP) is 3.89. The average Bonchev–Trinajstić information content (AvgIpc) is 2.91. The quantitative estimate of drug-likeness (QED) is 0.166. The number of amides is 1. The van der Waals surface area contributed by atoms with Gasteiger partial charge in [0.15, 0.2) is 0 Å². The van der Waals surface area contributed by atoms with E-state index in [1.54, 1.807) is 17.6 Å². The van der Waals surface area contributed by atoms with Crippen LogP contribution in [0.15, 0.2) is 57.7 Å². The zero-order chi connectivity index (χ0) is 26.0. The fourth-order valence-electron chi connectivity index (χ4n) is 4.76. The van der Waals surface area contributed by atoms with Crippen molar-refractivity contribution in [2.45, 2.75) is 39.0 Å². The van der Waals surface area contributed by atoms with Crippen LogP contribution in [0.25, 0.3) is 11.0 Å². The Kier molecular flexibility index (Phi) is 9.71. The molecule has 2 aromatic carbocycles. The molecule has 198 valence electrons. The van der Waals surface area contributed by atoms with Gasteiger partial charge in [-0.25, -0.2) is 10.3 Å². The van der Waals surface area contributed by atoms with Gasteiger partial charge < -0.3 is 13.9 Å². The van der Waals surface area contributed by atoms with E-state index >= 15 is 0 Å². The van der Waals surface area contributed by atoms with Crippen LogP contribution in [0.2, 0.25) is 0 Å². The van der Waals surface area contributed by atoms with Crippen molar-refractivity contribution < 1.29 is 23.9 Å². The minimum atomic E-state index is -0.547. The van der Waals surface area contributed by atoms with Gasteiger partial charge in [0, 0.05) is 36.5 Å². The van der Waals surface area contributed by atoms with Crippen LogP contribution >= 0.6 is 0 Å². The summed E-state index contributed by atoms with van der Waals surface area (Å²) in [5.41, 5.74) is 4.43. The molecule has 0 bridgehead atoms. The van der Waals surface area contributed by atoms with Crippen molar-refractivity contribution in [2.75, 3.05) is 39.5 Å². The summed E-state index contributed by atoms with van der Waals surface area (Å²) >= 11 is 0. The Hall–Kier alpha value is -3.20. The highest BCUT2D eigenvalue weighted by Gasteiger charge is 2.21. The smallest absolute Gasteiger partial charge is 0.339 e. The minimum absolute atomic E-state index is 0.199. The number of rotatable bonds is 12. The van der Waals surface area contributed by atoms with Crippen molar-refractivity contribution >= 4 is 16.9 Å². The molecule has 4 rings (SSSR count). The molecular weight excluding hydrogens is 472 g/mol. The molecule has 37 heavy (non-hydrogen) atoms. The Morgan fingerprint density at radius 2 is 1.97 bits per heavy atom. The van der Waals surface area contributed by atoms with E-state index in [0.717, 1.165) is 74.4 Å². The van der Waals surface area contributed by atoms with Crippen molar-refractivity contribution in [3.63, 3.8) is 0 Å². The lowest BCUT2D eigenvalue weighted by molar-refractivity contribution is -0.133. The van der Waals surface area contributed by atoms with Crippen LogP contribution in [0.5, 0.6) is 5.75 Å². The van der Waals surface area contributed by atoms with E-state index < -0.39 is 17.5 Å². The van der Waals surface area contributed by atoms with Crippen LogP contribution in [0.1, 0.15) is 36.0 Å². The van der Waals surface area contributed by atoms with Crippen molar-refractivity contribution in [1.82, 2.24) is 10.4 Å². The lowest BCUT2D eigenvalue weighted by Crippen LogP contribution is -2.37. The van der Waals surface area contributed by atoms with Gasteiger partial charge in [0.05, 0.1) is 19.8 Å². The van der Waals surface area contributed by atoms with Crippen LogP contribution < -0.4 is 15.8 Å². The van der Waals surface area contributed by atoms with E-state index in [2.05, 4.69) is 4.90 Å². The summed E-state index contributed by atoms with van der Waals surface area (Å²) in [6, 6.07) is 15.4. The van der Waals surface area contributed by atoms with E-state index in [-0.39, 0.29) is 6.42 Å². The molecule has 1 saturated heterocycles. The number of carbonyl (C=O) groups is 1. The highest BCUT2D eigenvalue weighted by Crippen LogP contribution is 2.21. The first-order valence-corrected chi connectivity index (χ1v) is 13.0. The maximum absolute atomic E-state index is 12.5. The fraction of sp³-hybridized carbons (Fsp3) is 0.448. The maximum Gasteiger partial charge on any atom is 0.339 e. The molecule has 1 atom stereocenters. The molecule has 0 spiro atoms. The summed E-state index contributed by atoms with van der Waals surface area (Å²) in [6.45, 7) is 7.21. The van der Waals surface area contributed by atoms with Crippen LogP contribution in [0.4, 0.5) is 0 Å². The molecule has 1 amide bonds. The number of nitrogens with zero attached hydrogens (tertiary/aromatic N) is 1. The zero-order valence-corrected chi connectivity index (χ0v) is 21.4. The van der Waals surface area contributed by atoms with Crippen LogP contribution in [-0.4, -0.2) is 55.5 Å². The van der Waals surface area contributed by atoms with Crippen molar-refractivity contribution in [3.8, 4) is 5.75 Å². The van der Waals surface area contributed by atoms with Gasteiger partial charge in [-0.1, -0.05) is 23.8 Å². The van der Waals surface area contributed by atoms with Gasteiger partial charge in [-0.3, -0.25) is 14.9 Å². The topological polar surface area (TPSA) is 101 Å². The Bertz CT molecular complexity index is 1230. The first-order valence-electron chi connectivity index (χ1n) is 13.0. The Morgan fingerprint density at radius 1 is 1.14 bits per heavy atom. The number of carbonyl (C=O) groups excluding carboxylic acids is 1. The summed E-state index contributed by atoms with van der Waals surface area (Å²) < 4.78 is 16.8.